The lowest BCUT2D eigenvalue weighted by atomic mass is 10.0. The predicted octanol–water partition coefficient (Wildman–Crippen LogP) is 4.34. The molecule has 180 valence electrons. The van der Waals surface area contributed by atoms with Crippen LogP contribution in [-0.4, -0.2) is 61.1 Å². The first kappa shape index (κ1) is 24.9. The molecule has 0 saturated heterocycles. The second-order valence-electron chi connectivity index (χ2n) is 8.99. The van der Waals surface area contributed by atoms with Crippen molar-refractivity contribution in [2.75, 3.05) is 33.4 Å². The Morgan fingerprint density at radius 3 is 2.58 bits per heavy atom. The minimum absolute atomic E-state index is 0.00705. The van der Waals surface area contributed by atoms with E-state index in [0.29, 0.717) is 31.2 Å². The standard InChI is InChI=1S/C25H35N3O4S/c1-17(2)14-27(25(30)26-18(3)4)15-24(29)28-12-10-23-19(11-13-33-23)20(28)16-32-22-9-7-6-8-21(22)31-5/h6-9,11,13,17-18,20H,10,12,14-16H2,1-5H3,(H,26,30). The van der Waals surface area contributed by atoms with E-state index >= 15 is 0 Å². The zero-order valence-electron chi connectivity index (χ0n) is 20.2. The fourth-order valence-electron chi connectivity index (χ4n) is 4.03. The molecule has 0 spiro atoms. The number of methoxy groups -OCH3 is 1. The zero-order chi connectivity index (χ0) is 24.0. The molecular formula is C25H35N3O4S. The molecule has 0 fully saturated rings. The molecule has 3 rings (SSSR count). The first-order valence-electron chi connectivity index (χ1n) is 11.5. The fourth-order valence-corrected chi connectivity index (χ4v) is 4.96. The number of para-hydroxylation sites is 2. The van der Waals surface area contributed by atoms with Gasteiger partial charge in [0.05, 0.1) is 13.2 Å². The van der Waals surface area contributed by atoms with E-state index in [2.05, 4.69) is 16.8 Å². The van der Waals surface area contributed by atoms with E-state index in [-0.39, 0.29) is 36.5 Å². The molecule has 2 heterocycles. The maximum atomic E-state index is 13.5. The highest BCUT2D eigenvalue weighted by Crippen LogP contribution is 2.35. The number of urea groups is 1. The summed E-state index contributed by atoms with van der Waals surface area (Å²) in [6, 6.07) is 9.17. The van der Waals surface area contributed by atoms with E-state index in [1.54, 1.807) is 23.3 Å². The van der Waals surface area contributed by atoms with E-state index in [9.17, 15) is 9.59 Å². The first-order chi connectivity index (χ1) is 15.8. The van der Waals surface area contributed by atoms with Crippen molar-refractivity contribution in [2.45, 2.75) is 46.2 Å². The average Bonchev–Trinajstić information content (AvgIpc) is 3.25. The van der Waals surface area contributed by atoms with Gasteiger partial charge in [0, 0.05) is 24.0 Å². The molecule has 1 N–H and O–H groups in total. The number of fused-ring (bicyclic) bond motifs is 1. The van der Waals surface area contributed by atoms with Crippen LogP contribution in [0.3, 0.4) is 0 Å². The topological polar surface area (TPSA) is 71.1 Å². The summed E-state index contributed by atoms with van der Waals surface area (Å²) in [5.41, 5.74) is 1.12. The van der Waals surface area contributed by atoms with Gasteiger partial charge in [-0.25, -0.2) is 4.79 Å². The molecule has 2 aromatic rings. The molecule has 3 amide bonds. The molecule has 1 aliphatic heterocycles. The molecular weight excluding hydrogens is 438 g/mol. The quantitative estimate of drug-likeness (QED) is 0.588. The summed E-state index contributed by atoms with van der Waals surface area (Å²) in [5, 5.41) is 4.98. The smallest absolute Gasteiger partial charge is 0.318 e. The van der Waals surface area contributed by atoms with E-state index in [1.807, 2.05) is 56.9 Å². The summed E-state index contributed by atoms with van der Waals surface area (Å²) in [4.78, 5) is 31.0. The van der Waals surface area contributed by atoms with Gasteiger partial charge < -0.3 is 24.6 Å². The summed E-state index contributed by atoms with van der Waals surface area (Å²) in [6.45, 7) is 9.41. The van der Waals surface area contributed by atoms with Crippen molar-refractivity contribution in [2.24, 2.45) is 5.92 Å². The van der Waals surface area contributed by atoms with E-state index in [0.717, 1.165) is 12.0 Å². The van der Waals surface area contributed by atoms with Gasteiger partial charge in [-0.3, -0.25) is 4.79 Å². The molecule has 1 atom stereocenters. The lowest BCUT2D eigenvalue weighted by molar-refractivity contribution is -0.135. The Bertz CT molecular complexity index is 943. The number of hydrogen-bond donors (Lipinski definition) is 1. The SMILES string of the molecule is COc1ccccc1OCC1c2ccsc2CCN1C(=O)CN(CC(C)C)C(=O)NC(C)C. The van der Waals surface area contributed by atoms with E-state index in [4.69, 9.17) is 9.47 Å². The van der Waals surface area contributed by atoms with E-state index < -0.39 is 0 Å². The number of nitrogens with zero attached hydrogens (tertiary/aromatic N) is 2. The van der Waals surface area contributed by atoms with Crippen LogP contribution < -0.4 is 14.8 Å². The number of nitrogens with one attached hydrogen (secondary N) is 1. The number of carbonyl (C=O) groups is 2. The highest BCUT2D eigenvalue weighted by atomic mass is 32.1. The summed E-state index contributed by atoms with van der Waals surface area (Å²) in [6.07, 6.45) is 0.812. The summed E-state index contributed by atoms with van der Waals surface area (Å²) in [7, 11) is 1.61. The number of rotatable bonds is 9. The highest BCUT2D eigenvalue weighted by Gasteiger charge is 2.33. The molecule has 1 aromatic heterocycles. The monoisotopic (exact) mass is 473 g/mol. The molecule has 1 aromatic carbocycles. The minimum Gasteiger partial charge on any atom is -0.493 e. The third-order valence-corrected chi connectivity index (χ3v) is 6.49. The van der Waals surface area contributed by atoms with Gasteiger partial charge in [0.2, 0.25) is 5.91 Å². The van der Waals surface area contributed by atoms with Crippen LogP contribution in [0.1, 0.15) is 44.2 Å². The van der Waals surface area contributed by atoms with Gasteiger partial charge in [-0.1, -0.05) is 26.0 Å². The van der Waals surface area contributed by atoms with E-state index in [1.165, 1.54) is 4.88 Å². The van der Waals surface area contributed by atoms with Crippen molar-refractivity contribution in [3.05, 3.63) is 46.2 Å². The minimum atomic E-state index is -0.216. The molecule has 1 aliphatic rings. The van der Waals surface area contributed by atoms with Gasteiger partial charge in [-0.05, 0) is 55.3 Å². The first-order valence-corrected chi connectivity index (χ1v) is 12.3. The maximum absolute atomic E-state index is 13.5. The van der Waals surface area contributed by atoms with Crippen LogP contribution in [0.5, 0.6) is 11.5 Å². The Balaban J connectivity index is 1.78. The highest BCUT2D eigenvalue weighted by molar-refractivity contribution is 7.10. The van der Waals surface area contributed by atoms with Crippen molar-refractivity contribution in [1.82, 2.24) is 15.1 Å². The molecule has 33 heavy (non-hydrogen) atoms. The van der Waals surface area contributed by atoms with Crippen LogP contribution in [0.15, 0.2) is 35.7 Å². The largest absolute Gasteiger partial charge is 0.493 e. The van der Waals surface area contributed by atoms with Crippen LogP contribution in [0.25, 0.3) is 0 Å². The third kappa shape index (κ3) is 6.41. The van der Waals surface area contributed by atoms with Gasteiger partial charge in [0.15, 0.2) is 11.5 Å². The molecule has 0 bridgehead atoms. The van der Waals surface area contributed by atoms with Gasteiger partial charge >= 0.3 is 6.03 Å². The Kier molecular flexibility index (Phi) is 8.61. The Labute approximate surface area is 200 Å². The normalized spacial score (nSPS) is 15.4. The molecule has 0 aliphatic carbocycles. The fraction of sp³-hybridized carbons (Fsp3) is 0.520. The molecule has 0 saturated carbocycles. The molecule has 0 radical (unpaired) electrons. The van der Waals surface area contributed by atoms with Crippen LogP contribution in [-0.2, 0) is 11.2 Å². The van der Waals surface area contributed by atoms with Gasteiger partial charge in [-0.15, -0.1) is 11.3 Å². The van der Waals surface area contributed by atoms with Crippen LogP contribution >= 0.6 is 11.3 Å². The van der Waals surface area contributed by atoms with Gasteiger partial charge in [0.1, 0.15) is 13.2 Å². The second kappa shape index (κ2) is 11.4. The maximum Gasteiger partial charge on any atom is 0.318 e. The molecule has 7 nitrogen and oxygen atoms in total. The van der Waals surface area contributed by atoms with Crippen molar-refractivity contribution >= 4 is 23.3 Å². The van der Waals surface area contributed by atoms with Gasteiger partial charge in [0.25, 0.3) is 0 Å². The van der Waals surface area contributed by atoms with Crippen LogP contribution in [0, 0.1) is 5.92 Å². The Morgan fingerprint density at radius 2 is 1.91 bits per heavy atom. The zero-order valence-corrected chi connectivity index (χ0v) is 21.0. The number of carbonyl (C=O) groups excluding carboxylic acids is 2. The summed E-state index contributed by atoms with van der Waals surface area (Å²) >= 11 is 1.71. The van der Waals surface area contributed by atoms with Crippen molar-refractivity contribution in [1.29, 1.82) is 0 Å². The Morgan fingerprint density at radius 1 is 1.18 bits per heavy atom. The Hall–Kier alpha value is -2.74. The van der Waals surface area contributed by atoms with Crippen molar-refractivity contribution in [3.63, 3.8) is 0 Å². The van der Waals surface area contributed by atoms with Crippen molar-refractivity contribution < 1.29 is 19.1 Å². The number of thiophene rings is 1. The van der Waals surface area contributed by atoms with Gasteiger partial charge in [-0.2, -0.15) is 0 Å². The lowest BCUT2D eigenvalue weighted by Gasteiger charge is -2.37. The average molecular weight is 474 g/mol. The van der Waals surface area contributed by atoms with Crippen LogP contribution in [0.2, 0.25) is 0 Å². The molecule has 1 unspecified atom stereocenters. The third-order valence-electron chi connectivity index (χ3n) is 5.49. The number of ether oxygens (including phenoxy) is 2. The number of amides is 3. The number of benzene rings is 1. The van der Waals surface area contributed by atoms with Crippen molar-refractivity contribution in [3.8, 4) is 11.5 Å². The summed E-state index contributed by atoms with van der Waals surface area (Å²) < 4.78 is 11.5. The second-order valence-corrected chi connectivity index (χ2v) is 9.99. The lowest BCUT2D eigenvalue weighted by Crippen LogP contribution is -2.51. The number of hydrogen-bond acceptors (Lipinski definition) is 5. The van der Waals surface area contributed by atoms with Crippen LogP contribution in [0.4, 0.5) is 4.79 Å². The summed E-state index contributed by atoms with van der Waals surface area (Å²) in [5.74, 6) is 1.49. The predicted molar refractivity (Wildman–Crippen MR) is 131 cm³/mol. The molecule has 8 heteroatoms.